The molecule has 1 fully saturated rings. The van der Waals surface area contributed by atoms with Gasteiger partial charge in [-0.25, -0.2) is 9.67 Å². The molecule has 1 aromatic rings. The number of nitrogens with two attached hydrogens (primary N) is 1. The van der Waals surface area contributed by atoms with Crippen LogP contribution in [0.4, 0.5) is 5.95 Å². The highest BCUT2D eigenvalue weighted by atomic mass is 15.4. The maximum atomic E-state index is 5.43. The zero-order chi connectivity index (χ0) is 8.39. The number of rotatable bonds is 1. The van der Waals surface area contributed by atoms with Gasteiger partial charge in [-0.2, -0.15) is 0 Å². The van der Waals surface area contributed by atoms with E-state index in [9.17, 15) is 0 Å². The Hall–Kier alpha value is -1.10. The van der Waals surface area contributed by atoms with Gasteiger partial charge in [0.2, 0.25) is 5.95 Å². The zero-order valence-corrected chi connectivity index (χ0v) is 6.90. The van der Waals surface area contributed by atoms with Crippen molar-refractivity contribution in [1.29, 1.82) is 0 Å². The summed E-state index contributed by atoms with van der Waals surface area (Å²) in [6, 6.07) is 0.482. The summed E-state index contributed by atoms with van der Waals surface area (Å²) in [5, 5.41) is 7.39. The highest BCUT2D eigenvalue weighted by Gasteiger charge is 2.15. The van der Waals surface area contributed by atoms with Crippen LogP contribution in [0.3, 0.4) is 0 Å². The van der Waals surface area contributed by atoms with Crippen molar-refractivity contribution in [2.24, 2.45) is 0 Å². The maximum Gasteiger partial charge on any atom is 0.239 e. The average Bonchev–Trinajstić information content (AvgIpc) is 2.54. The number of aromatic nitrogens is 3. The lowest BCUT2D eigenvalue weighted by Crippen LogP contribution is -2.29. The van der Waals surface area contributed by atoms with E-state index in [4.69, 9.17) is 5.73 Å². The largest absolute Gasteiger partial charge is 0.367 e. The number of nitrogens with one attached hydrogen (secondary N) is 1. The minimum absolute atomic E-state index is 0.369. The van der Waals surface area contributed by atoms with Crippen LogP contribution in [0.15, 0.2) is 6.33 Å². The van der Waals surface area contributed by atoms with Crippen molar-refractivity contribution in [1.82, 2.24) is 20.1 Å². The number of hydrogen-bond acceptors (Lipinski definition) is 4. The first-order valence-corrected chi connectivity index (χ1v) is 4.23. The summed E-state index contributed by atoms with van der Waals surface area (Å²) in [7, 11) is 0. The van der Waals surface area contributed by atoms with Gasteiger partial charge in [0.25, 0.3) is 0 Å². The first-order chi connectivity index (χ1) is 5.86. The van der Waals surface area contributed by atoms with Crippen molar-refractivity contribution in [3.63, 3.8) is 0 Å². The van der Waals surface area contributed by atoms with Crippen LogP contribution in [0, 0.1) is 0 Å². The zero-order valence-electron chi connectivity index (χ0n) is 6.90. The van der Waals surface area contributed by atoms with E-state index < -0.39 is 0 Å². The number of nitrogen functional groups attached to an aromatic ring is 1. The van der Waals surface area contributed by atoms with Crippen molar-refractivity contribution >= 4 is 5.95 Å². The van der Waals surface area contributed by atoms with Crippen molar-refractivity contribution in [3.8, 4) is 0 Å². The molecule has 0 amide bonds. The Kier molecular flexibility index (Phi) is 1.95. The highest BCUT2D eigenvalue weighted by Crippen LogP contribution is 2.16. The molecule has 1 aliphatic heterocycles. The van der Waals surface area contributed by atoms with Crippen LogP contribution < -0.4 is 11.1 Å². The Morgan fingerprint density at radius 2 is 2.25 bits per heavy atom. The monoisotopic (exact) mass is 167 g/mol. The van der Waals surface area contributed by atoms with Crippen LogP contribution in [0.1, 0.15) is 18.9 Å². The molecule has 5 nitrogen and oxygen atoms in total. The molecule has 0 atom stereocenters. The maximum absolute atomic E-state index is 5.43. The van der Waals surface area contributed by atoms with Gasteiger partial charge in [-0.15, -0.1) is 5.10 Å². The van der Waals surface area contributed by atoms with Crippen molar-refractivity contribution in [2.45, 2.75) is 18.9 Å². The van der Waals surface area contributed by atoms with E-state index in [-0.39, 0.29) is 0 Å². The molecule has 0 unspecified atom stereocenters. The van der Waals surface area contributed by atoms with Crippen LogP contribution in [0.5, 0.6) is 0 Å². The summed E-state index contributed by atoms with van der Waals surface area (Å²) in [6.07, 6.45) is 3.94. The first-order valence-electron chi connectivity index (χ1n) is 4.23. The molecule has 5 heteroatoms. The minimum Gasteiger partial charge on any atom is -0.367 e. The quantitative estimate of drug-likeness (QED) is 0.607. The normalized spacial score (nSPS) is 19.7. The van der Waals surface area contributed by atoms with E-state index in [2.05, 4.69) is 15.4 Å². The molecule has 0 aliphatic carbocycles. The molecule has 66 valence electrons. The second-order valence-electron chi connectivity index (χ2n) is 3.06. The fourth-order valence-corrected chi connectivity index (χ4v) is 1.54. The Bertz CT molecular complexity index is 250. The summed E-state index contributed by atoms with van der Waals surface area (Å²) in [4.78, 5) is 3.90. The van der Waals surface area contributed by atoms with Gasteiger partial charge in [0, 0.05) is 0 Å². The molecule has 0 saturated carbocycles. The Balaban J connectivity index is 2.08. The summed E-state index contributed by atoms with van der Waals surface area (Å²) < 4.78 is 1.87. The molecule has 0 spiro atoms. The number of nitrogens with zero attached hydrogens (tertiary/aromatic N) is 3. The molecule has 2 heterocycles. The van der Waals surface area contributed by atoms with Gasteiger partial charge in [0.15, 0.2) is 0 Å². The summed E-state index contributed by atoms with van der Waals surface area (Å²) >= 11 is 0. The van der Waals surface area contributed by atoms with E-state index in [0.29, 0.717) is 12.0 Å². The van der Waals surface area contributed by atoms with Gasteiger partial charge in [-0.3, -0.25) is 0 Å². The third-order valence-electron chi connectivity index (χ3n) is 2.21. The molecular formula is C7H13N5. The summed E-state index contributed by atoms with van der Waals surface area (Å²) in [6.45, 7) is 2.12. The predicted molar refractivity (Wildman–Crippen MR) is 45.6 cm³/mol. The molecule has 0 bridgehead atoms. The van der Waals surface area contributed by atoms with Crippen molar-refractivity contribution in [2.75, 3.05) is 18.8 Å². The van der Waals surface area contributed by atoms with Crippen molar-refractivity contribution in [3.05, 3.63) is 6.33 Å². The smallest absolute Gasteiger partial charge is 0.239 e. The molecule has 1 aliphatic rings. The number of anilines is 1. The molecular weight excluding hydrogens is 154 g/mol. The van der Waals surface area contributed by atoms with E-state index in [1.54, 1.807) is 6.33 Å². The summed E-state index contributed by atoms with van der Waals surface area (Å²) in [5.74, 6) is 0.369. The van der Waals surface area contributed by atoms with Gasteiger partial charge in [0.05, 0.1) is 6.04 Å². The molecule has 1 aromatic heterocycles. The molecule has 3 N–H and O–H groups in total. The molecule has 2 rings (SSSR count). The Labute approximate surface area is 71.0 Å². The SMILES string of the molecule is Nc1ncn(C2CCNCC2)n1. The van der Waals surface area contributed by atoms with Gasteiger partial charge in [0.1, 0.15) is 6.33 Å². The molecule has 12 heavy (non-hydrogen) atoms. The van der Waals surface area contributed by atoms with Crippen LogP contribution in [0.2, 0.25) is 0 Å². The third kappa shape index (κ3) is 1.40. The fourth-order valence-electron chi connectivity index (χ4n) is 1.54. The number of piperidine rings is 1. The average molecular weight is 167 g/mol. The third-order valence-corrected chi connectivity index (χ3v) is 2.21. The lowest BCUT2D eigenvalue weighted by Gasteiger charge is -2.22. The second-order valence-corrected chi connectivity index (χ2v) is 3.06. The molecule has 0 radical (unpaired) electrons. The van der Waals surface area contributed by atoms with E-state index in [1.807, 2.05) is 4.68 Å². The van der Waals surface area contributed by atoms with E-state index in [0.717, 1.165) is 25.9 Å². The lowest BCUT2D eigenvalue weighted by atomic mass is 10.1. The second kappa shape index (κ2) is 3.10. The molecule has 0 aromatic carbocycles. The first kappa shape index (κ1) is 7.54. The predicted octanol–water partition coefficient (Wildman–Crippen LogP) is -0.215. The van der Waals surface area contributed by atoms with E-state index >= 15 is 0 Å². The fraction of sp³-hybridized carbons (Fsp3) is 0.714. The highest BCUT2D eigenvalue weighted by molar-refractivity contribution is 5.09. The van der Waals surface area contributed by atoms with Crippen LogP contribution in [-0.2, 0) is 0 Å². The Morgan fingerprint density at radius 1 is 1.50 bits per heavy atom. The standard InChI is InChI=1S/C7H13N5/c8-7-10-5-12(11-7)6-1-3-9-4-2-6/h5-6,9H,1-4H2,(H2,8,11). The summed E-state index contributed by atoms with van der Waals surface area (Å²) in [5.41, 5.74) is 5.43. The molecule has 1 saturated heterocycles. The van der Waals surface area contributed by atoms with Crippen LogP contribution in [-0.4, -0.2) is 27.9 Å². The lowest BCUT2D eigenvalue weighted by molar-refractivity contribution is 0.343. The topological polar surface area (TPSA) is 68.8 Å². The van der Waals surface area contributed by atoms with E-state index in [1.165, 1.54) is 0 Å². The van der Waals surface area contributed by atoms with Gasteiger partial charge in [-0.1, -0.05) is 0 Å². The van der Waals surface area contributed by atoms with Crippen LogP contribution >= 0.6 is 0 Å². The van der Waals surface area contributed by atoms with Gasteiger partial charge in [-0.05, 0) is 25.9 Å². The van der Waals surface area contributed by atoms with Gasteiger partial charge < -0.3 is 11.1 Å². The Morgan fingerprint density at radius 3 is 2.83 bits per heavy atom. The van der Waals surface area contributed by atoms with Crippen molar-refractivity contribution < 1.29 is 0 Å². The number of hydrogen-bond donors (Lipinski definition) is 2. The van der Waals surface area contributed by atoms with Crippen LogP contribution in [0.25, 0.3) is 0 Å². The van der Waals surface area contributed by atoms with Gasteiger partial charge >= 0.3 is 0 Å². The minimum atomic E-state index is 0.369.